The first-order valence-corrected chi connectivity index (χ1v) is 7.83. The number of carbonyl (C=O) groups is 2. The van der Waals surface area contributed by atoms with Crippen molar-refractivity contribution < 1.29 is 23.8 Å². The maximum atomic E-state index is 13.3. The average molecular weight is 345 g/mol. The third-order valence-electron chi connectivity index (χ3n) is 3.86. The summed E-state index contributed by atoms with van der Waals surface area (Å²) in [7, 11) is 1.66. The lowest BCUT2D eigenvalue weighted by atomic mass is 9.97. The smallest absolute Gasteiger partial charge is 0.341 e. The standard InChI is InChI=1S/C19H20FNO4/c1-13(14-4-3-5-15(20)11-14)10-18(22)21(2)16-6-8-17(9-7-16)25-12-19(23)24/h3-9,11,13H,10,12H2,1-2H3,(H,23,24). The Kier molecular flexibility index (Phi) is 6.11. The molecule has 0 aromatic heterocycles. The molecule has 0 spiro atoms. The molecule has 0 fully saturated rings. The number of hydrogen-bond donors (Lipinski definition) is 1. The zero-order chi connectivity index (χ0) is 18.4. The van der Waals surface area contributed by atoms with Crippen LogP contribution < -0.4 is 9.64 Å². The molecule has 0 aliphatic heterocycles. The molecule has 0 saturated heterocycles. The number of hydrogen-bond acceptors (Lipinski definition) is 3. The van der Waals surface area contributed by atoms with Crippen molar-refractivity contribution in [3.05, 3.63) is 59.9 Å². The fraction of sp³-hybridized carbons (Fsp3) is 0.263. The van der Waals surface area contributed by atoms with Gasteiger partial charge in [0.15, 0.2) is 6.61 Å². The molecule has 2 aromatic rings. The molecule has 1 unspecified atom stereocenters. The molecule has 6 heteroatoms. The van der Waals surface area contributed by atoms with E-state index < -0.39 is 12.6 Å². The number of rotatable bonds is 7. The number of aliphatic carboxylic acids is 1. The van der Waals surface area contributed by atoms with Crippen molar-refractivity contribution in [1.29, 1.82) is 0 Å². The highest BCUT2D eigenvalue weighted by Crippen LogP contribution is 2.23. The van der Waals surface area contributed by atoms with E-state index in [1.54, 1.807) is 43.4 Å². The van der Waals surface area contributed by atoms with E-state index in [4.69, 9.17) is 9.84 Å². The number of carboxylic acids is 1. The van der Waals surface area contributed by atoms with E-state index in [-0.39, 0.29) is 24.1 Å². The van der Waals surface area contributed by atoms with Crippen LogP contribution in [-0.2, 0) is 9.59 Å². The van der Waals surface area contributed by atoms with Crippen LogP contribution in [0, 0.1) is 5.82 Å². The van der Waals surface area contributed by atoms with E-state index in [2.05, 4.69) is 0 Å². The van der Waals surface area contributed by atoms with Gasteiger partial charge in [-0.25, -0.2) is 9.18 Å². The van der Waals surface area contributed by atoms with E-state index in [9.17, 15) is 14.0 Å². The molecule has 0 saturated carbocycles. The van der Waals surface area contributed by atoms with Gasteiger partial charge in [0.1, 0.15) is 11.6 Å². The Balaban J connectivity index is 1.98. The van der Waals surface area contributed by atoms with Crippen molar-refractivity contribution in [3.8, 4) is 5.75 Å². The number of anilines is 1. The van der Waals surface area contributed by atoms with Crippen molar-refractivity contribution >= 4 is 17.6 Å². The first-order chi connectivity index (χ1) is 11.9. The molecule has 1 N–H and O–H groups in total. The molecule has 0 heterocycles. The minimum atomic E-state index is -1.05. The number of ether oxygens (including phenoxy) is 1. The molecule has 1 amide bonds. The largest absolute Gasteiger partial charge is 0.482 e. The molecular weight excluding hydrogens is 325 g/mol. The summed E-state index contributed by atoms with van der Waals surface area (Å²) < 4.78 is 18.4. The molecule has 25 heavy (non-hydrogen) atoms. The van der Waals surface area contributed by atoms with E-state index in [0.717, 1.165) is 5.56 Å². The highest BCUT2D eigenvalue weighted by atomic mass is 19.1. The number of nitrogens with zero attached hydrogens (tertiary/aromatic N) is 1. The fourth-order valence-corrected chi connectivity index (χ4v) is 2.38. The number of carboxylic acid groups (broad SMARTS) is 1. The molecule has 132 valence electrons. The maximum absolute atomic E-state index is 13.3. The first-order valence-electron chi connectivity index (χ1n) is 7.83. The van der Waals surface area contributed by atoms with Crippen LogP contribution in [0.1, 0.15) is 24.8 Å². The van der Waals surface area contributed by atoms with Gasteiger partial charge in [0.05, 0.1) is 0 Å². The van der Waals surface area contributed by atoms with Crippen molar-refractivity contribution in [2.75, 3.05) is 18.6 Å². The maximum Gasteiger partial charge on any atom is 0.341 e. The lowest BCUT2D eigenvalue weighted by molar-refractivity contribution is -0.139. The summed E-state index contributed by atoms with van der Waals surface area (Å²) in [6.07, 6.45) is 0.247. The third kappa shape index (κ3) is 5.31. The van der Waals surface area contributed by atoms with E-state index in [0.29, 0.717) is 11.4 Å². The average Bonchev–Trinajstić information content (AvgIpc) is 2.59. The Morgan fingerprint density at radius 3 is 2.48 bits per heavy atom. The second-order valence-corrected chi connectivity index (χ2v) is 5.79. The van der Waals surface area contributed by atoms with Gasteiger partial charge in [-0.05, 0) is 47.9 Å². The van der Waals surface area contributed by atoms with Crippen LogP contribution in [0.15, 0.2) is 48.5 Å². The Labute approximate surface area is 145 Å². The van der Waals surface area contributed by atoms with Gasteiger partial charge in [-0.1, -0.05) is 19.1 Å². The Bertz CT molecular complexity index is 745. The van der Waals surface area contributed by atoms with Crippen LogP contribution in [0.5, 0.6) is 5.75 Å². The molecule has 5 nitrogen and oxygen atoms in total. The van der Waals surface area contributed by atoms with Gasteiger partial charge < -0.3 is 14.7 Å². The summed E-state index contributed by atoms with van der Waals surface area (Å²) in [6, 6.07) is 12.8. The minimum absolute atomic E-state index is 0.101. The first kappa shape index (κ1) is 18.4. The SMILES string of the molecule is CC(CC(=O)N(C)c1ccc(OCC(=O)O)cc1)c1cccc(F)c1. The number of carbonyl (C=O) groups excluding carboxylic acids is 1. The summed E-state index contributed by atoms with van der Waals surface area (Å²) in [5.74, 6) is -1.16. The predicted molar refractivity (Wildman–Crippen MR) is 92.4 cm³/mol. The van der Waals surface area contributed by atoms with Gasteiger partial charge in [0.25, 0.3) is 0 Å². The zero-order valence-corrected chi connectivity index (χ0v) is 14.1. The van der Waals surface area contributed by atoms with Crippen LogP contribution in [0.2, 0.25) is 0 Å². The van der Waals surface area contributed by atoms with Gasteiger partial charge in [-0.3, -0.25) is 4.79 Å². The van der Waals surface area contributed by atoms with Crippen LogP contribution in [-0.4, -0.2) is 30.6 Å². The van der Waals surface area contributed by atoms with E-state index in [1.807, 2.05) is 6.92 Å². The summed E-state index contributed by atoms with van der Waals surface area (Å²) >= 11 is 0. The number of amides is 1. The lowest BCUT2D eigenvalue weighted by Gasteiger charge is -2.20. The molecule has 1 atom stereocenters. The van der Waals surface area contributed by atoms with Gasteiger partial charge >= 0.3 is 5.97 Å². The monoisotopic (exact) mass is 345 g/mol. The van der Waals surface area contributed by atoms with Gasteiger partial charge in [-0.2, -0.15) is 0 Å². The van der Waals surface area contributed by atoms with Crippen molar-refractivity contribution in [3.63, 3.8) is 0 Å². The zero-order valence-electron chi connectivity index (χ0n) is 14.1. The molecule has 0 radical (unpaired) electrons. The molecule has 2 rings (SSSR count). The highest BCUT2D eigenvalue weighted by Gasteiger charge is 2.16. The number of benzene rings is 2. The summed E-state index contributed by atoms with van der Waals surface area (Å²) in [6.45, 7) is 1.46. The summed E-state index contributed by atoms with van der Waals surface area (Å²) in [5.41, 5.74) is 1.44. The second-order valence-electron chi connectivity index (χ2n) is 5.79. The lowest BCUT2D eigenvalue weighted by Crippen LogP contribution is -2.27. The second kappa shape index (κ2) is 8.28. The van der Waals surface area contributed by atoms with Gasteiger partial charge in [0, 0.05) is 19.2 Å². The minimum Gasteiger partial charge on any atom is -0.482 e. The Morgan fingerprint density at radius 2 is 1.88 bits per heavy atom. The van der Waals surface area contributed by atoms with Crippen LogP contribution in [0.25, 0.3) is 0 Å². The highest BCUT2D eigenvalue weighted by molar-refractivity contribution is 5.93. The molecule has 0 aliphatic rings. The molecule has 0 bridgehead atoms. The van der Waals surface area contributed by atoms with Crippen molar-refractivity contribution in [1.82, 2.24) is 0 Å². The van der Waals surface area contributed by atoms with Crippen molar-refractivity contribution in [2.24, 2.45) is 0 Å². The Hall–Kier alpha value is -2.89. The quantitative estimate of drug-likeness (QED) is 0.835. The van der Waals surface area contributed by atoms with Crippen molar-refractivity contribution in [2.45, 2.75) is 19.3 Å². The van der Waals surface area contributed by atoms with E-state index >= 15 is 0 Å². The topological polar surface area (TPSA) is 66.8 Å². The third-order valence-corrected chi connectivity index (χ3v) is 3.86. The molecular formula is C19H20FNO4. The van der Waals surface area contributed by atoms with Crippen LogP contribution in [0.3, 0.4) is 0 Å². The fourth-order valence-electron chi connectivity index (χ4n) is 2.38. The predicted octanol–water partition coefficient (Wildman–Crippen LogP) is 3.45. The number of halogens is 1. The van der Waals surface area contributed by atoms with Crippen LogP contribution in [0.4, 0.5) is 10.1 Å². The normalized spacial score (nSPS) is 11.6. The molecule has 2 aromatic carbocycles. The molecule has 0 aliphatic carbocycles. The Morgan fingerprint density at radius 1 is 1.20 bits per heavy atom. The van der Waals surface area contributed by atoms with Gasteiger partial charge in [-0.15, -0.1) is 0 Å². The summed E-state index contributed by atoms with van der Waals surface area (Å²) in [5, 5.41) is 8.58. The summed E-state index contributed by atoms with van der Waals surface area (Å²) in [4.78, 5) is 24.4. The van der Waals surface area contributed by atoms with Crippen LogP contribution >= 0.6 is 0 Å². The van der Waals surface area contributed by atoms with E-state index in [1.165, 1.54) is 17.0 Å². The van der Waals surface area contributed by atoms with Gasteiger partial charge in [0.2, 0.25) is 5.91 Å².